The Kier molecular flexibility index (Phi) is 1.61. The highest BCUT2D eigenvalue weighted by Gasteiger charge is 2.65. The summed E-state index contributed by atoms with van der Waals surface area (Å²) < 4.78 is 5.69. The van der Waals surface area contributed by atoms with Gasteiger partial charge in [-0.25, -0.2) is 0 Å². The molecule has 0 amide bonds. The van der Waals surface area contributed by atoms with E-state index in [1.807, 2.05) is 0 Å². The fraction of sp³-hybridized carbons (Fsp3) is 1.00. The molecular weight excluding hydrogens is 206 g/mol. The van der Waals surface area contributed by atoms with Crippen molar-refractivity contribution in [1.82, 2.24) is 0 Å². The number of alkyl halides is 1. The molecule has 0 aromatic heterocycles. The lowest BCUT2D eigenvalue weighted by Gasteiger charge is -2.21. The van der Waals surface area contributed by atoms with Gasteiger partial charge in [-0.15, -0.1) is 0 Å². The molecule has 0 aromatic rings. The Hall–Kier alpha value is 0.400. The Morgan fingerprint density at radius 3 is 2.82 bits per heavy atom. The van der Waals surface area contributed by atoms with E-state index in [4.69, 9.17) is 10.5 Å². The van der Waals surface area contributed by atoms with Crippen molar-refractivity contribution in [2.45, 2.75) is 42.8 Å². The molecule has 2 N–H and O–H groups in total. The molecule has 2 rings (SSSR count). The van der Waals surface area contributed by atoms with Crippen LogP contribution in [0, 0.1) is 5.92 Å². The van der Waals surface area contributed by atoms with Crippen LogP contribution in [0.1, 0.15) is 20.3 Å². The van der Waals surface area contributed by atoms with E-state index in [1.165, 1.54) is 0 Å². The van der Waals surface area contributed by atoms with Crippen LogP contribution in [0.15, 0.2) is 0 Å². The predicted molar refractivity (Wildman–Crippen MR) is 47.7 cm³/mol. The second-order valence-corrected chi connectivity index (χ2v) is 5.19. The number of hydrogen-bond acceptors (Lipinski definition) is 2. The molecular formula is C8H14BrNO. The number of halogens is 1. The largest absolute Gasteiger partial charge is 0.373 e. The number of ether oxygens (including phenoxy) is 1. The second-order valence-electron chi connectivity index (χ2n) is 4.01. The molecule has 0 radical (unpaired) electrons. The molecule has 1 aliphatic heterocycles. The third-order valence-corrected chi connectivity index (χ3v) is 3.82. The van der Waals surface area contributed by atoms with Crippen molar-refractivity contribution in [3.8, 4) is 0 Å². The van der Waals surface area contributed by atoms with Gasteiger partial charge in [0.05, 0.1) is 12.2 Å². The average Bonchev–Trinajstić information content (AvgIpc) is 2.34. The Morgan fingerprint density at radius 1 is 1.64 bits per heavy atom. The first-order valence-corrected chi connectivity index (χ1v) is 5.03. The first kappa shape index (κ1) is 8.02. The number of nitrogens with two attached hydrogens (primary N) is 1. The summed E-state index contributed by atoms with van der Waals surface area (Å²) in [7, 11) is 0. The fourth-order valence-corrected chi connectivity index (χ4v) is 3.48. The molecule has 64 valence electrons. The van der Waals surface area contributed by atoms with Gasteiger partial charge in [0, 0.05) is 16.3 Å². The van der Waals surface area contributed by atoms with Gasteiger partial charge in [-0.2, -0.15) is 0 Å². The maximum absolute atomic E-state index is 6.01. The summed E-state index contributed by atoms with van der Waals surface area (Å²) >= 11 is 3.65. The van der Waals surface area contributed by atoms with Gasteiger partial charge >= 0.3 is 0 Å². The Labute approximate surface area is 75.6 Å². The van der Waals surface area contributed by atoms with Crippen LogP contribution >= 0.6 is 15.9 Å². The van der Waals surface area contributed by atoms with E-state index in [1.54, 1.807) is 0 Å². The molecule has 1 heterocycles. The normalized spacial score (nSPS) is 62.2. The predicted octanol–water partition coefficient (Wildman–Crippen LogP) is 1.27. The van der Waals surface area contributed by atoms with E-state index in [9.17, 15) is 0 Å². The van der Waals surface area contributed by atoms with Crippen molar-refractivity contribution in [3.63, 3.8) is 0 Å². The number of hydrogen-bond donors (Lipinski definition) is 1. The average molecular weight is 220 g/mol. The summed E-state index contributed by atoms with van der Waals surface area (Å²) in [5, 5.41) is 0. The second kappa shape index (κ2) is 2.21. The Bertz CT molecular complexity index is 183. The molecule has 1 saturated heterocycles. The van der Waals surface area contributed by atoms with E-state index in [0.717, 1.165) is 6.42 Å². The lowest BCUT2D eigenvalue weighted by molar-refractivity contribution is 0.0123. The van der Waals surface area contributed by atoms with Gasteiger partial charge in [0.1, 0.15) is 0 Å². The summed E-state index contributed by atoms with van der Waals surface area (Å²) in [5.74, 6) is 0.540. The van der Waals surface area contributed by atoms with E-state index in [2.05, 4.69) is 29.8 Å². The van der Waals surface area contributed by atoms with Crippen LogP contribution < -0.4 is 5.73 Å². The SMILES string of the molecule is CC1CC(Br)C2C(O1)C2(C)N. The highest BCUT2D eigenvalue weighted by Crippen LogP contribution is 2.53. The summed E-state index contributed by atoms with van der Waals surface area (Å²) in [4.78, 5) is 0.561. The zero-order valence-electron chi connectivity index (χ0n) is 6.88. The van der Waals surface area contributed by atoms with Crippen molar-refractivity contribution in [1.29, 1.82) is 0 Å². The molecule has 1 saturated carbocycles. The first-order chi connectivity index (χ1) is 5.03. The summed E-state index contributed by atoms with van der Waals surface area (Å²) in [5.41, 5.74) is 5.94. The van der Waals surface area contributed by atoms with Gasteiger partial charge in [-0.1, -0.05) is 15.9 Å². The summed E-state index contributed by atoms with van der Waals surface area (Å²) in [6, 6.07) is 0. The van der Waals surface area contributed by atoms with Gasteiger partial charge in [-0.05, 0) is 20.3 Å². The van der Waals surface area contributed by atoms with Crippen molar-refractivity contribution in [2.24, 2.45) is 11.7 Å². The minimum Gasteiger partial charge on any atom is -0.373 e. The van der Waals surface area contributed by atoms with E-state index < -0.39 is 0 Å². The Morgan fingerprint density at radius 2 is 2.27 bits per heavy atom. The summed E-state index contributed by atoms with van der Waals surface area (Å²) in [6.07, 6.45) is 1.76. The minimum absolute atomic E-state index is 0.0705. The molecule has 5 unspecified atom stereocenters. The maximum Gasteiger partial charge on any atom is 0.0816 e. The quantitative estimate of drug-likeness (QED) is 0.624. The van der Waals surface area contributed by atoms with Crippen LogP contribution in [0.4, 0.5) is 0 Å². The highest BCUT2D eigenvalue weighted by atomic mass is 79.9. The van der Waals surface area contributed by atoms with Gasteiger partial charge in [0.2, 0.25) is 0 Å². The zero-order valence-corrected chi connectivity index (χ0v) is 8.47. The monoisotopic (exact) mass is 219 g/mol. The summed E-state index contributed by atoms with van der Waals surface area (Å²) in [6.45, 7) is 4.19. The molecule has 1 aliphatic carbocycles. The van der Waals surface area contributed by atoms with Crippen LogP contribution in [0.3, 0.4) is 0 Å². The molecule has 2 aliphatic rings. The molecule has 11 heavy (non-hydrogen) atoms. The first-order valence-electron chi connectivity index (χ1n) is 4.12. The van der Waals surface area contributed by atoms with Crippen LogP contribution in [0.25, 0.3) is 0 Å². The van der Waals surface area contributed by atoms with E-state index in [-0.39, 0.29) is 5.54 Å². The molecule has 0 bridgehead atoms. The third kappa shape index (κ3) is 1.05. The number of fused-ring (bicyclic) bond motifs is 1. The van der Waals surface area contributed by atoms with Gasteiger partial charge < -0.3 is 10.5 Å². The van der Waals surface area contributed by atoms with E-state index >= 15 is 0 Å². The van der Waals surface area contributed by atoms with E-state index in [0.29, 0.717) is 23.0 Å². The van der Waals surface area contributed by atoms with Crippen molar-refractivity contribution in [3.05, 3.63) is 0 Å². The fourth-order valence-electron chi connectivity index (χ4n) is 2.10. The molecule has 2 nitrogen and oxygen atoms in total. The van der Waals surface area contributed by atoms with Crippen molar-refractivity contribution in [2.75, 3.05) is 0 Å². The van der Waals surface area contributed by atoms with Crippen molar-refractivity contribution < 1.29 is 4.74 Å². The van der Waals surface area contributed by atoms with Gasteiger partial charge in [0.25, 0.3) is 0 Å². The molecule has 5 atom stereocenters. The minimum atomic E-state index is -0.0705. The molecule has 2 fully saturated rings. The van der Waals surface area contributed by atoms with Gasteiger partial charge in [0.15, 0.2) is 0 Å². The van der Waals surface area contributed by atoms with Crippen LogP contribution in [0.5, 0.6) is 0 Å². The topological polar surface area (TPSA) is 35.2 Å². The highest BCUT2D eigenvalue weighted by molar-refractivity contribution is 9.09. The lowest BCUT2D eigenvalue weighted by Crippen LogP contribution is -2.25. The van der Waals surface area contributed by atoms with Crippen molar-refractivity contribution >= 4 is 15.9 Å². The molecule has 0 aromatic carbocycles. The van der Waals surface area contributed by atoms with Crippen LogP contribution in [-0.2, 0) is 4.74 Å². The third-order valence-electron chi connectivity index (χ3n) is 2.87. The smallest absolute Gasteiger partial charge is 0.0816 e. The zero-order chi connectivity index (χ0) is 8.22. The number of rotatable bonds is 0. The van der Waals surface area contributed by atoms with Gasteiger partial charge in [-0.3, -0.25) is 0 Å². The Balaban J connectivity index is 2.11. The lowest BCUT2D eigenvalue weighted by atomic mass is 10.1. The molecule has 3 heteroatoms. The van der Waals surface area contributed by atoms with Crippen LogP contribution in [0.2, 0.25) is 0 Å². The standard InChI is InChI=1S/C8H14BrNO/c1-4-3-5(9)6-7(11-4)8(6,2)10/h4-7H,3,10H2,1-2H3. The maximum atomic E-state index is 6.01. The van der Waals surface area contributed by atoms with Crippen LogP contribution in [-0.4, -0.2) is 22.6 Å². The molecule has 0 spiro atoms.